The Kier molecular flexibility index (Phi) is 7.59. The fourth-order valence-electron chi connectivity index (χ4n) is 5.09. The number of amides is 1. The maximum atomic E-state index is 12.9. The number of nitrogens with one attached hydrogen (secondary N) is 2. The van der Waals surface area contributed by atoms with Crippen LogP contribution in [0.4, 0.5) is 5.69 Å². The Balaban J connectivity index is 1.56. The van der Waals surface area contributed by atoms with Gasteiger partial charge in [0.05, 0.1) is 0 Å². The van der Waals surface area contributed by atoms with Gasteiger partial charge in [-0.3, -0.25) is 4.79 Å². The predicted octanol–water partition coefficient (Wildman–Crippen LogP) is 5.74. The molecule has 6 nitrogen and oxygen atoms in total. The Morgan fingerprint density at radius 3 is 2.66 bits per heavy atom. The zero-order valence-corrected chi connectivity index (χ0v) is 21.7. The molecule has 4 rings (SSSR count). The molecule has 1 aliphatic carbocycles. The first kappa shape index (κ1) is 25.3. The fourth-order valence-corrected chi connectivity index (χ4v) is 5.09. The van der Waals surface area contributed by atoms with E-state index in [9.17, 15) is 4.79 Å². The molecule has 2 N–H and O–H groups in total. The van der Waals surface area contributed by atoms with E-state index in [1.54, 1.807) is 6.08 Å². The number of nitrogens with zero attached hydrogens (tertiary/aromatic N) is 3. The summed E-state index contributed by atoms with van der Waals surface area (Å²) in [7, 11) is 0. The third kappa shape index (κ3) is 6.28. The highest BCUT2D eigenvalue weighted by atomic mass is 16.1. The molecule has 1 saturated heterocycles. The summed E-state index contributed by atoms with van der Waals surface area (Å²) in [5.41, 5.74) is 4.94. The summed E-state index contributed by atoms with van der Waals surface area (Å²) in [6.45, 7) is 20.7. The molecule has 0 bridgehead atoms. The Morgan fingerprint density at radius 2 is 2.00 bits per heavy atom. The number of rotatable bonds is 8. The van der Waals surface area contributed by atoms with E-state index < -0.39 is 0 Å². The normalized spacial score (nSPS) is 20.1. The van der Waals surface area contributed by atoms with Gasteiger partial charge in [-0.25, -0.2) is 0 Å². The molecule has 1 aromatic carbocycles. The third-order valence-electron chi connectivity index (χ3n) is 7.61. The first-order valence-corrected chi connectivity index (χ1v) is 12.9. The second-order valence-corrected chi connectivity index (χ2v) is 11.3. The van der Waals surface area contributed by atoms with Crippen molar-refractivity contribution in [3.63, 3.8) is 0 Å². The molecular formula is C29H39N5O. The summed E-state index contributed by atoms with van der Waals surface area (Å²) in [5, 5.41) is 6.86. The molecule has 186 valence electrons. The van der Waals surface area contributed by atoms with Crippen LogP contribution in [0.5, 0.6) is 0 Å². The standard InChI is InChI=1S/C29H39N5O/c1-28(2)14-12-21(13-15-28)23-20-22(29(3,4)31-16-19-34-17-6-7-18-34)8-9-24(23)33-27(35)25-10-11-26(30-5)32-25/h8-9,11-12,20,31H,6-7,10,13-19H2,1-4H3,(H,33,35). The molecule has 0 radical (unpaired) electrons. The molecule has 2 heterocycles. The van der Waals surface area contributed by atoms with Gasteiger partial charge in [0.1, 0.15) is 0 Å². The van der Waals surface area contributed by atoms with Crippen molar-refractivity contribution in [1.82, 2.24) is 10.2 Å². The van der Waals surface area contributed by atoms with Crippen LogP contribution in [0, 0.1) is 12.0 Å². The van der Waals surface area contributed by atoms with Crippen molar-refractivity contribution < 1.29 is 4.79 Å². The minimum atomic E-state index is -0.228. The van der Waals surface area contributed by atoms with Crippen LogP contribution in [-0.2, 0) is 10.3 Å². The monoisotopic (exact) mass is 473 g/mol. The topological polar surface area (TPSA) is 61.1 Å². The van der Waals surface area contributed by atoms with Crippen molar-refractivity contribution in [2.24, 2.45) is 10.4 Å². The van der Waals surface area contributed by atoms with E-state index in [1.165, 1.54) is 37.1 Å². The predicted molar refractivity (Wildman–Crippen MR) is 144 cm³/mol. The number of hydrogen-bond acceptors (Lipinski definition) is 4. The third-order valence-corrected chi connectivity index (χ3v) is 7.61. The molecule has 3 aliphatic rings. The highest BCUT2D eigenvalue weighted by Crippen LogP contribution is 2.41. The lowest BCUT2D eigenvalue weighted by Crippen LogP contribution is -2.41. The largest absolute Gasteiger partial charge is 0.361 e. The van der Waals surface area contributed by atoms with E-state index in [0.29, 0.717) is 23.4 Å². The summed E-state index contributed by atoms with van der Waals surface area (Å²) in [4.78, 5) is 23.0. The van der Waals surface area contributed by atoms with Gasteiger partial charge < -0.3 is 20.4 Å². The van der Waals surface area contributed by atoms with Crippen molar-refractivity contribution in [2.45, 2.75) is 71.8 Å². The Bertz CT molecular complexity index is 1100. The van der Waals surface area contributed by atoms with Crippen molar-refractivity contribution in [3.8, 4) is 0 Å². The van der Waals surface area contributed by atoms with Gasteiger partial charge in [0, 0.05) is 36.3 Å². The molecule has 0 atom stereocenters. The molecule has 35 heavy (non-hydrogen) atoms. The van der Waals surface area contributed by atoms with E-state index in [1.807, 2.05) is 6.07 Å². The summed E-state index contributed by atoms with van der Waals surface area (Å²) in [6, 6.07) is 6.40. The number of allylic oxidation sites excluding steroid dienone is 3. The Labute approximate surface area is 210 Å². The van der Waals surface area contributed by atoms with Gasteiger partial charge in [-0.15, -0.1) is 4.99 Å². The number of anilines is 1. The average Bonchev–Trinajstić information content (AvgIpc) is 3.51. The molecular weight excluding hydrogens is 434 g/mol. The van der Waals surface area contributed by atoms with Gasteiger partial charge in [0.15, 0.2) is 5.71 Å². The minimum absolute atomic E-state index is 0.185. The van der Waals surface area contributed by atoms with Crippen LogP contribution in [0.25, 0.3) is 10.4 Å². The van der Waals surface area contributed by atoms with Crippen LogP contribution in [0.15, 0.2) is 41.2 Å². The first-order chi connectivity index (χ1) is 16.7. The lowest BCUT2D eigenvalue weighted by molar-refractivity contribution is -0.110. The Hall–Kier alpha value is -2.75. The summed E-state index contributed by atoms with van der Waals surface area (Å²) < 4.78 is 0. The van der Waals surface area contributed by atoms with Gasteiger partial charge in [-0.2, -0.15) is 0 Å². The van der Waals surface area contributed by atoms with Crippen molar-refractivity contribution >= 4 is 22.9 Å². The van der Waals surface area contributed by atoms with E-state index >= 15 is 0 Å². The number of aliphatic imine (C=N–C) groups is 1. The van der Waals surface area contributed by atoms with E-state index in [4.69, 9.17) is 6.57 Å². The second-order valence-electron chi connectivity index (χ2n) is 11.3. The smallest absolute Gasteiger partial charge is 0.293 e. The second kappa shape index (κ2) is 10.5. The van der Waals surface area contributed by atoms with Gasteiger partial charge in [0.25, 0.3) is 11.7 Å². The maximum Gasteiger partial charge on any atom is 0.293 e. The van der Waals surface area contributed by atoms with Crippen molar-refractivity contribution in [2.75, 3.05) is 31.5 Å². The summed E-state index contributed by atoms with van der Waals surface area (Å²) in [6.07, 6.45) is 10.2. The lowest BCUT2D eigenvalue weighted by Gasteiger charge is -2.32. The molecule has 6 heteroatoms. The fraction of sp³-hybridized carbons (Fsp3) is 0.552. The average molecular weight is 474 g/mol. The SMILES string of the molecule is [C-]#[N+]C1=CCC(C(=O)Nc2ccc(C(C)(C)NCCN3CCCC3)cc2C2=CCC(C)(C)CC2)=N1. The van der Waals surface area contributed by atoms with Crippen LogP contribution in [0.2, 0.25) is 0 Å². The van der Waals surface area contributed by atoms with Gasteiger partial charge >= 0.3 is 0 Å². The number of benzene rings is 1. The first-order valence-electron chi connectivity index (χ1n) is 12.9. The van der Waals surface area contributed by atoms with Crippen molar-refractivity contribution in [3.05, 3.63) is 58.7 Å². The minimum Gasteiger partial charge on any atom is -0.361 e. The zero-order chi connectivity index (χ0) is 25.1. The molecule has 0 spiro atoms. The number of carbonyl (C=O) groups excluding carboxylic acids is 1. The van der Waals surface area contributed by atoms with E-state index in [2.05, 4.69) is 71.3 Å². The van der Waals surface area contributed by atoms with Gasteiger partial charge in [-0.05, 0) is 87.7 Å². The van der Waals surface area contributed by atoms with Gasteiger partial charge in [0.2, 0.25) is 0 Å². The molecule has 0 saturated carbocycles. The van der Waals surface area contributed by atoms with Crippen LogP contribution in [-0.4, -0.2) is 42.7 Å². The highest BCUT2D eigenvalue weighted by Gasteiger charge is 2.27. The molecule has 1 amide bonds. The number of likely N-dealkylation sites (tertiary alicyclic amines) is 1. The van der Waals surface area contributed by atoms with Crippen LogP contribution < -0.4 is 10.6 Å². The van der Waals surface area contributed by atoms with E-state index in [-0.39, 0.29) is 11.4 Å². The number of hydrogen-bond donors (Lipinski definition) is 2. The molecule has 0 aromatic heterocycles. The molecule has 2 aliphatic heterocycles. The quantitative estimate of drug-likeness (QED) is 0.473. The van der Waals surface area contributed by atoms with Crippen LogP contribution >= 0.6 is 0 Å². The van der Waals surface area contributed by atoms with Gasteiger partial charge in [-0.1, -0.05) is 38.6 Å². The van der Waals surface area contributed by atoms with Crippen molar-refractivity contribution in [1.29, 1.82) is 0 Å². The number of carbonyl (C=O) groups is 1. The lowest BCUT2D eigenvalue weighted by atomic mass is 9.76. The highest BCUT2D eigenvalue weighted by molar-refractivity contribution is 6.44. The summed E-state index contributed by atoms with van der Waals surface area (Å²) in [5.74, 6) is 0.0679. The molecule has 0 unspecified atom stereocenters. The Morgan fingerprint density at radius 1 is 1.23 bits per heavy atom. The molecule has 1 aromatic rings. The van der Waals surface area contributed by atoms with Crippen LogP contribution in [0.3, 0.4) is 0 Å². The summed E-state index contributed by atoms with van der Waals surface area (Å²) >= 11 is 0. The van der Waals surface area contributed by atoms with Crippen LogP contribution in [0.1, 0.15) is 77.3 Å². The zero-order valence-electron chi connectivity index (χ0n) is 21.7. The molecule has 1 fully saturated rings. The van der Waals surface area contributed by atoms with E-state index in [0.717, 1.165) is 43.6 Å². The maximum absolute atomic E-state index is 12.9.